The highest BCUT2D eigenvalue weighted by Gasteiger charge is 2.64. The Morgan fingerprint density at radius 2 is 0.846 bits per heavy atom. The normalized spacial score (nSPS) is 32.1. The molecule has 0 aromatic rings. The van der Waals surface area contributed by atoms with Crippen LogP contribution in [0.3, 0.4) is 0 Å². The first-order valence-corrected chi connectivity index (χ1v) is 45.2. The number of amides is 4. The highest BCUT2D eigenvalue weighted by atomic mass is 16.8. The molecule has 0 aromatic heterocycles. The third-order valence-electron chi connectivity index (χ3n) is 23.7. The van der Waals surface area contributed by atoms with Crippen molar-refractivity contribution < 1.29 is 168 Å². The second kappa shape index (κ2) is 58.2. The molecule has 38 nitrogen and oxygen atoms in total. The van der Waals surface area contributed by atoms with Gasteiger partial charge in [-0.25, -0.2) is 9.59 Å². The molecular formula is C85H152N4O34. The maximum atomic E-state index is 14.2. The van der Waals surface area contributed by atoms with Crippen LogP contribution >= 0.6 is 0 Å². The van der Waals surface area contributed by atoms with Gasteiger partial charge >= 0.3 is 11.9 Å². The van der Waals surface area contributed by atoms with Crippen molar-refractivity contribution in [3.8, 4) is 0 Å². The van der Waals surface area contributed by atoms with Gasteiger partial charge in [-0.3, -0.25) is 19.2 Å². The summed E-state index contributed by atoms with van der Waals surface area (Å²) >= 11 is 0. The second-order valence-corrected chi connectivity index (χ2v) is 33.9. The first-order chi connectivity index (χ1) is 58.8. The lowest BCUT2D eigenvalue weighted by Crippen LogP contribution is -2.72. The van der Waals surface area contributed by atoms with Crippen molar-refractivity contribution in [2.75, 3.05) is 39.6 Å². The lowest BCUT2D eigenvalue weighted by molar-refractivity contribution is -0.402. The third kappa shape index (κ3) is 35.1. The van der Waals surface area contributed by atoms with Crippen LogP contribution in [-0.2, 0) is 76.1 Å². The third-order valence-corrected chi connectivity index (χ3v) is 23.7. The van der Waals surface area contributed by atoms with Crippen molar-refractivity contribution in [3.05, 3.63) is 12.2 Å². The maximum Gasteiger partial charge on any atom is 0.364 e. The summed E-state index contributed by atoms with van der Waals surface area (Å²) in [7, 11) is 0. The van der Waals surface area contributed by atoms with Gasteiger partial charge in [-0.15, -0.1) is 0 Å². The van der Waals surface area contributed by atoms with E-state index in [0.29, 0.717) is 12.8 Å². The van der Waals surface area contributed by atoms with Crippen LogP contribution in [0.5, 0.6) is 0 Å². The zero-order valence-corrected chi connectivity index (χ0v) is 72.7. The van der Waals surface area contributed by atoms with E-state index in [4.69, 9.17) is 47.4 Å². The quantitative estimate of drug-likeness (QED) is 0.0299. The number of ether oxygens (including phenoxy) is 10. The molecule has 5 aliphatic rings. The van der Waals surface area contributed by atoms with Crippen molar-refractivity contribution in [2.45, 2.75) is 449 Å². The first kappa shape index (κ1) is 109. The van der Waals surface area contributed by atoms with E-state index in [0.717, 1.165) is 85.0 Å². The smallest absolute Gasteiger partial charge is 0.364 e. The highest BCUT2D eigenvalue weighted by molar-refractivity contribution is 5.78. The topological polar surface area (TPSA) is 607 Å². The average Bonchev–Trinajstić information content (AvgIpc) is 0.740. The van der Waals surface area contributed by atoms with E-state index in [1.54, 1.807) is 6.08 Å². The molecule has 29 atom stereocenters. The largest absolute Gasteiger partial charge is 0.477 e. The molecule has 5 saturated heterocycles. The molecule has 0 saturated carbocycles. The summed E-state index contributed by atoms with van der Waals surface area (Å²) in [5.41, 5.74) is 0. The Labute approximate surface area is 722 Å². The van der Waals surface area contributed by atoms with E-state index in [-0.39, 0.29) is 6.42 Å². The highest BCUT2D eigenvalue weighted by Crippen LogP contribution is 2.43. The monoisotopic (exact) mass is 1770 g/mol. The first-order valence-electron chi connectivity index (χ1n) is 45.2. The Balaban J connectivity index is 1.38. The number of carbonyl (C=O) groups is 6. The standard InChI is InChI=1S/C85H152N4O34/c1-6-8-10-12-14-16-18-20-21-22-23-24-25-26-27-28-30-32-34-36-38-40-42-63(102)89-54(55(98)41-39-37-35-33-31-29-19-17-15-13-11-9-7-2)50-114-80-72(108)71(107)74(61(48-93)116-80)118-81-73(109)78(75(62(49-94)117-81)119-79-66(88-53(5)97)70(106)68(104)59(46-91)115-79)123-85(83(112)113)44-57(100)65(87-52(4)96)77(122-85)69(105)60(47-92)120-84(82(110)111)43-56(99)64(86-51(3)95)76(121-84)67(103)58(101)45-90/h39,41,54-62,64-81,90-94,98-101,103-109H,6-38,40,42-50H2,1-5H3,(H,86,95)(H,87,96)(H,88,97)(H,89,102)(H,110,111)(H,112,113)/t54-,55+,56-,57-,58+,59+,60+,61+,62+,64+,65+,66+,67+,68-,69+,70+,71+,72+,73+,74+,75-,76?,77?,78+,79-,80+,81-,84+,85-/m0/s1. The molecule has 0 aliphatic carbocycles. The fourth-order valence-electron chi connectivity index (χ4n) is 16.7. The van der Waals surface area contributed by atoms with Gasteiger partial charge in [0, 0.05) is 40.0 Å². The van der Waals surface area contributed by atoms with Crippen LogP contribution in [-0.4, -0.2) is 344 Å². The predicted octanol–water partition coefficient (Wildman–Crippen LogP) is 1.04. The number of carboxylic acids is 2. The fraction of sp³-hybridized carbons (Fsp3) is 0.906. The molecule has 4 amide bonds. The van der Waals surface area contributed by atoms with Crippen LogP contribution in [0.1, 0.15) is 272 Å². The number of aliphatic carboxylic acids is 2. The van der Waals surface area contributed by atoms with E-state index < -0.39 is 265 Å². The molecule has 716 valence electrons. The molecule has 0 bridgehead atoms. The van der Waals surface area contributed by atoms with Crippen molar-refractivity contribution in [2.24, 2.45) is 0 Å². The summed E-state index contributed by atoms with van der Waals surface area (Å²) in [5, 5.41) is 213. The fourth-order valence-corrected chi connectivity index (χ4v) is 16.7. The number of unbranched alkanes of at least 4 members (excludes halogenated alkanes) is 32. The number of allylic oxidation sites excluding steroid dienone is 1. The minimum absolute atomic E-state index is 0.113. The molecule has 0 spiro atoms. The van der Waals surface area contributed by atoms with Gasteiger partial charge in [-0.1, -0.05) is 225 Å². The van der Waals surface area contributed by atoms with Crippen LogP contribution in [0.15, 0.2) is 12.2 Å². The van der Waals surface area contributed by atoms with E-state index in [2.05, 4.69) is 35.1 Å². The molecule has 5 heterocycles. The number of nitrogens with one attached hydrogen (secondary N) is 4. The Kier molecular flexibility index (Phi) is 51.6. The summed E-state index contributed by atoms with van der Waals surface area (Å²) in [4.78, 5) is 79.2. The van der Waals surface area contributed by atoms with Gasteiger partial charge in [0.05, 0.1) is 76.1 Å². The van der Waals surface area contributed by atoms with Gasteiger partial charge in [0.2, 0.25) is 23.6 Å². The van der Waals surface area contributed by atoms with E-state index in [9.17, 15) is 121 Å². The summed E-state index contributed by atoms with van der Waals surface area (Å²) in [6, 6.07) is -6.82. The molecule has 5 aliphatic heterocycles. The zero-order chi connectivity index (χ0) is 90.8. The van der Waals surface area contributed by atoms with Crippen LogP contribution in [0.2, 0.25) is 0 Å². The zero-order valence-electron chi connectivity index (χ0n) is 72.7. The summed E-state index contributed by atoms with van der Waals surface area (Å²) in [6.45, 7) is 0.564. The Morgan fingerprint density at radius 1 is 0.439 bits per heavy atom. The predicted molar refractivity (Wildman–Crippen MR) is 439 cm³/mol. The Bertz CT molecular complexity index is 2990. The summed E-state index contributed by atoms with van der Waals surface area (Å²) < 4.78 is 60.0. The van der Waals surface area contributed by atoms with Gasteiger partial charge in [0.25, 0.3) is 11.6 Å². The number of carbonyl (C=O) groups excluding carboxylic acids is 4. The SMILES string of the molecule is CCCCCCCCCCCCCC=C[C@@H](O)[C@H](CO[C@@H]1O[C@H](CO)[C@@H](O[C@@H]2O[C@H](CO)[C@H](O[C@@H]3O[C@H](CO)[C@H](O)[C@H](O)[C@H]3NC(C)=O)[C@H](O[C@]3(C(=O)O)C[C@H](O)[C@@H](NC(C)=O)C([C@H](O)[C@@H](CO)O[C@]4(C(=O)O)C[C@H](O)[C@@H](NC(C)=O)C([C@H](O)[C@H](O)CO)O4)O3)[C@H]2O)[C@H](O)[C@H]1O)NC(=O)CCCCCCCCCCCCCCCCCCCCCCCC. The van der Waals surface area contributed by atoms with Crippen LogP contribution in [0.25, 0.3) is 0 Å². The maximum absolute atomic E-state index is 14.2. The van der Waals surface area contributed by atoms with Crippen molar-refractivity contribution >= 4 is 35.6 Å². The summed E-state index contributed by atoms with van der Waals surface area (Å²) in [6.07, 6.45) is -9.72. The van der Waals surface area contributed by atoms with Crippen LogP contribution in [0, 0.1) is 0 Å². The second-order valence-electron chi connectivity index (χ2n) is 33.9. The summed E-state index contributed by atoms with van der Waals surface area (Å²) in [5.74, 6) is -14.6. The van der Waals surface area contributed by atoms with Crippen molar-refractivity contribution in [1.82, 2.24) is 21.3 Å². The molecule has 0 aromatic carbocycles. The van der Waals surface area contributed by atoms with Gasteiger partial charge in [0.15, 0.2) is 18.9 Å². The molecule has 5 fully saturated rings. The number of aliphatic hydroxyl groups excluding tert-OH is 16. The van der Waals surface area contributed by atoms with Crippen molar-refractivity contribution in [1.29, 1.82) is 0 Å². The lowest BCUT2D eigenvalue weighted by atomic mass is 9.87. The number of carboxylic acid groups (broad SMARTS) is 2. The molecule has 0 radical (unpaired) electrons. The molecule has 38 heteroatoms. The van der Waals surface area contributed by atoms with Gasteiger partial charge in [0.1, 0.15) is 110 Å². The van der Waals surface area contributed by atoms with E-state index in [1.165, 1.54) is 147 Å². The van der Waals surface area contributed by atoms with Crippen molar-refractivity contribution in [3.63, 3.8) is 0 Å². The van der Waals surface area contributed by atoms with E-state index >= 15 is 0 Å². The Morgan fingerprint density at radius 3 is 1.29 bits per heavy atom. The Hall–Kier alpha value is -4.48. The molecule has 2 unspecified atom stereocenters. The van der Waals surface area contributed by atoms with Gasteiger partial charge in [-0.2, -0.15) is 0 Å². The number of aliphatic hydroxyl groups is 16. The molecule has 123 heavy (non-hydrogen) atoms. The molecule has 22 N–H and O–H groups in total. The molecular weight excluding hydrogens is 1620 g/mol. The minimum Gasteiger partial charge on any atom is -0.477 e. The number of hydrogen-bond acceptors (Lipinski definition) is 32. The van der Waals surface area contributed by atoms with E-state index in [1.807, 2.05) is 0 Å². The molecule has 5 rings (SSSR count). The number of hydrogen-bond donors (Lipinski definition) is 22. The lowest BCUT2D eigenvalue weighted by Gasteiger charge is -2.52. The number of rotatable bonds is 63. The van der Waals surface area contributed by atoms with Crippen LogP contribution < -0.4 is 21.3 Å². The average molecular weight is 1770 g/mol. The van der Waals surface area contributed by atoms with Gasteiger partial charge in [-0.05, 0) is 19.3 Å². The van der Waals surface area contributed by atoms with Gasteiger partial charge < -0.3 is 161 Å². The van der Waals surface area contributed by atoms with Crippen LogP contribution in [0.4, 0.5) is 0 Å². The minimum atomic E-state index is -3.59.